The van der Waals surface area contributed by atoms with Crippen LogP contribution in [0.5, 0.6) is 0 Å². The number of hydrogen-bond acceptors (Lipinski definition) is 4. The van der Waals surface area contributed by atoms with Gasteiger partial charge in [-0.15, -0.1) is 11.3 Å². The van der Waals surface area contributed by atoms with Crippen molar-refractivity contribution < 1.29 is 0 Å². The van der Waals surface area contributed by atoms with E-state index in [1.54, 1.807) is 0 Å². The zero-order valence-corrected chi connectivity index (χ0v) is 13.5. The average Bonchev–Trinajstić information content (AvgIpc) is 3.16. The van der Waals surface area contributed by atoms with Gasteiger partial charge in [0, 0.05) is 35.4 Å². The summed E-state index contributed by atoms with van der Waals surface area (Å²) >= 11 is 1.82. The molecule has 0 amide bonds. The highest BCUT2D eigenvalue weighted by atomic mass is 32.1. The van der Waals surface area contributed by atoms with Crippen molar-refractivity contribution in [1.82, 2.24) is 15.3 Å². The molecule has 0 saturated heterocycles. The van der Waals surface area contributed by atoms with Crippen LogP contribution in [0.1, 0.15) is 49.6 Å². The Bertz CT molecular complexity index is 559. The van der Waals surface area contributed by atoms with Gasteiger partial charge in [-0.2, -0.15) is 0 Å². The first kappa shape index (κ1) is 14.7. The second kappa shape index (κ2) is 7.14. The minimum absolute atomic E-state index is 0.711. The summed E-state index contributed by atoms with van der Waals surface area (Å²) < 4.78 is 0. The topological polar surface area (TPSA) is 37.8 Å². The largest absolute Gasteiger partial charge is 0.309 e. The first-order valence-corrected chi connectivity index (χ1v) is 8.81. The number of nitrogens with zero attached hydrogens (tertiary/aromatic N) is 2. The fourth-order valence-electron chi connectivity index (χ4n) is 2.93. The lowest BCUT2D eigenvalue weighted by molar-refractivity contribution is 0.525. The van der Waals surface area contributed by atoms with E-state index in [1.165, 1.54) is 36.3 Å². The Balaban J connectivity index is 1.76. The molecule has 0 unspecified atom stereocenters. The number of nitrogens with one attached hydrogen (secondary N) is 1. The van der Waals surface area contributed by atoms with Crippen LogP contribution >= 0.6 is 11.3 Å². The number of hydrogen-bond donors (Lipinski definition) is 1. The second-order valence-electron chi connectivity index (χ2n) is 5.74. The molecule has 0 radical (unpaired) electrons. The molecule has 2 heterocycles. The van der Waals surface area contributed by atoms with Gasteiger partial charge in [0.25, 0.3) is 0 Å². The molecule has 1 fully saturated rings. The van der Waals surface area contributed by atoms with Crippen molar-refractivity contribution in [1.29, 1.82) is 0 Å². The molecule has 4 heteroatoms. The van der Waals surface area contributed by atoms with Crippen molar-refractivity contribution in [2.75, 3.05) is 0 Å². The summed E-state index contributed by atoms with van der Waals surface area (Å²) in [5, 5.41) is 4.82. The van der Waals surface area contributed by atoms with Crippen LogP contribution in [0.25, 0.3) is 10.6 Å². The van der Waals surface area contributed by atoms with Gasteiger partial charge in [0.2, 0.25) is 0 Å². The Hall–Kier alpha value is -1.26. The van der Waals surface area contributed by atoms with Gasteiger partial charge < -0.3 is 5.32 Å². The van der Waals surface area contributed by atoms with Crippen LogP contribution in [0.2, 0.25) is 0 Å². The Morgan fingerprint density at radius 2 is 2.19 bits per heavy atom. The van der Waals surface area contributed by atoms with Gasteiger partial charge in [-0.25, -0.2) is 4.98 Å². The maximum atomic E-state index is 4.85. The van der Waals surface area contributed by atoms with Crippen LogP contribution in [0.15, 0.2) is 24.5 Å². The molecule has 21 heavy (non-hydrogen) atoms. The molecule has 0 aliphatic heterocycles. The molecular weight excluding hydrogens is 278 g/mol. The Labute approximate surface area is 130 Å². The van der Waals surface area contributed by atoms with Crippen LogP contribution in [-0.4, -0.2) is 16.0 Å². The van der Waals surface area contributed by atoms with E-state index in [4.69, 9.17) is 4.98 Å². The van der Waals surface area contributed by atoms with Gasteiger partial charge >= 0.3 is 0 Å². The molecule has 2 aromatic rings. The molecule has 112 valence electrons. The predicted octanol–water partition coefficient (Wildman–Crippen LogP) is 4.19. The van der Waals surface area contributed by atoms with Crippen molar-refractivity contribution in [3.8, 4) is 10.6 Å². The lowest BCUT2D eigenvalue weighted by Gasteiger charge is -2.11. The molecular formula is C17H23N3S. The lowest BCUT2D eigenvalue weighted by atomic mass is 10.2. The summed E-state index contributed by atoms with van der Waals surface area (Å²) in [5.74, 6) is 0. The lowest BCUT2D eigenvalue weighted by Crippen LogP contribution is -2.25. The van der Waals surface area contributed by atoms with Crippen LogP contribution < -0.4 is 5.32 Å². The number of pyridine rings is 1. The highest BCUT2D eigenvalue weighted by Crippen LogP contribution is 2.29. The summed E-state index contributed by atoms with van der Waals surface area (Å²) in [6, 6.07) is 4.78. The molecule has 3 rings (SSSR count). The molecule has 0 spiro atoms. The minimum Gasteiger partial charge on any atom is -0.309 e. The maximum Gasteiger partial charge on any atom is 0.125 e. The third-order valence-electron chi connectivity index (χ3n) is 4.08. The maximum absolute atomic E-state index is 4.85. The third-order valence-corrected chi connectivity index (χ3v) is 5.23. The molecule has 1 aliphatic carbocycles. The third kappa shape index (κ3) is 3.69. The zero-order valence-electron chi connectivity index (χ0n) is 12.6. The molecule has 3 nitrogen and oxygen atoms in total. The Morgan fingerprint density at radius 3 is 2.90 bits per heavy atom. The van der Waals surface area contributed by atoms with E-state index in [2.05, 4.69) is 23.3 Å². The van der Waals surface area contributed by atoms with Crippen molar-refractivity contribution in [3.63, 3.8) is 0 Å². The summed E-state index contributed by atoms with van der Waals surface area (Å²) in [5.41, 5.74) is 2.40. The first-order chi connectivity index (χ1) is 10.4. The standard InChI is InChI=1S/C17H23N3S/c1-2-6-15-16(12-19-14-8-3-4-9-14)21-17(20-15)13-7-5-10-18-11-13/h5,7,10-11,14,19H,2-4,6,8-9,12H2,1H3. The summed E-state index contributed by atoms with van der Waals surface area (Å²) in [6.45, 7) is 3.19. The molecule has 0 bridgehead atoms. The molecule has 0 atom stereocenters. The molecule has 1 saturated carbocycles. The normalized spacial score (nSPS) is 15.7. The fraction of sp³-hybridized carbons (Fsp3) is 0.529. The first-order valence-electron chi connectivity index (χ1n) is 7.99. The van der Waals surface area contributed by atoms with Crippen LogP contribution in [-0.2, 0) is 13.0 Å². The minimum atomic E-state index is 0.711. The number of thiazole rings is 1. The van der Waals surface area contributed by atoms with E-state index in [-0.39, 0.29) is 0 Å². The Morgan fingerprint density at radius 1 is 1.33 bits per heavy atom. The van der Waals surface area contributed by atoms with E-state index < -0.39 is 0 Å². The highest BCUT2D eigenvalue weighted by Gasteiger charge is 2.17. The van der Waals surface area contributed by atoms with Gasteiger partial charge in [0.05, 0.1) is 5.69 Å². The number of rotatable bonds is 6. The van der Waals surface area contributed by atoms with Crippen molar-refractivity contribution in [2.24, 2.45) is 0 Å². The number of aryl methyl sites for hydroxylation is 1. The van der Waals surface area contributed by atoms with Crippen LogP contribution in [0.4, 0.5) is 0 Å². The SMILES string of the molecule is CCCc1nc(-c2cccnc2)sc1CNC1CCCC1. The number of aromatic nitrogens is 2. The van der Waals surface area contributed by atoms with Crippen molar-refractivity contribution in [2.45, 2.75) is 58.0 Å². The van der Waals surface area contributed by atoms with Crippen molar-refractivity contribution in [3.05, 3.63) is 35.1 Å². The van der Waals surface area contributed by atoms with Crippen LogP contribution in [0, 0.1) is 0 Å². The van der Waals surface area contributed by atoms with E-state index >= 15 is 0 Å². The monoisotopic (exact) mass is 301 g/mol. The highest BCUT2D eigenvalue weighted by molar-refractivity contribution is 7.15. The summed E-state index contributed by atoms with van der Waals surface area (Å²) in [7, 11) is 0. The van der Waals surface area contributed by atoms with Gasteiger partial charge in [0.15, 0.2) is 0 Å². The average molecular weight is 301 g/mol. The zero-order chi connectivity index (χ0) is 14.5. The smallest absolute Gasteiger partial charge is 0.125 e. The molecule has 2 aromatic heterocycles. The quantitative estimate of drug-likeness (QED) is 0.869. The predicted molar refractivity (Wildman–Crippen MR) is 88.4 cm³/mol. The molecule has 1 N–H and O–H groups in total. The summed E-state index contributed by atoms with van der Waals surface area (Å²) in [6.07, 6.45) is 11.3. The van der Waals surface area contributed by atoms with Crippen molar-refractivity contribution >= 4 is 11.3 Å². The van der Waals surface area contributed by atoms with Gasteiger partial charge in [-0.05, 0) is 31.4 Å². The van der Waals surface area contributed by atoms with E-state index in [9.17, 15) is 0 Å². The summed E-state index contributed by atoms with van der Waals surface area (Å²) in [4.78, 5) is 10.5. The van der Waals surface area contributed by atoms with Gasteiger partial charge in [-0.3, -0.25) is 4.98 Å². The van der Waals surface area contributed by atoms with E-state index in [0.29, 0.717) is 6.04 Å². The van der Waals surface area contributed by atoms with E-state index in [0.717, 1.165) is 30.0 Å². The van der Waals surface area contributed by atoms with Gasteiger partial charge in [-0.1, -0.05) is 26.2 Å². The Kier molecular flexibility index (Phi) is 4.99. The fourth-order valence-corrected chi connectivity index (χ4v) is 3.98. The van der Waals surface area contributed by atoms with E-state index in [1.807, 2.05) is 29.8 Å². The molecule has 1 aliphatic rings. The molecule has 0 aromatic carbocycles. The van der Waals surface area contributed by atoms with Crippen LogP contribution in [0.3, 0.4) is 0 Å². The van der Waals surface area contributed by atoms with Gasteiger partial charge in [0.1, 0.15) is 5.01 Å². The second-order valence-corrected chi connectivity index (χ2v) is 6.83.